The fourth-order valence-corrected chi connectivity index (χ4v) is 4.32. The van der Waals surface area contributed by atoms with Gasteiger partial charge in [0.15, 0.2) is 12.1 Å². The van der Waals surface area contributed by atoms with E-state index in [2.05, 4.69) is 5.32 Å². The normalized spacial score (nSPS) is 14.7. The van der Waals surface area contributed by atoms with Gasteiger partial charge in [0.2, 0.25) is 0 Å². The first-order valence-electron chi connectivity index (χ1n) is 11.3. The van der Waals surface area contributed by atoms with Crippen LogP contribution in [0.5, 0.6) is 0 Å². The molecule has 33 heavy (non-hydrogen) atoms. The van der Waals surface area contributed by atoms with Gasteiger partial charge in [0, 0.05) is 12.8 Å². The minimum absolute atomic E-state index is 0.0682. The van der Waals surface area contributed by atoms with E-state index < -0.39 is 11.5 Å². The molecular weight excluding hydrogens is 420 g/mol. The van der Waals surface area contributed by atoms with Gasteiger partial charge in [-0.15, -0.1) is 0 Å². The Bertz CT molecular complexity index is 1010. The molecule has 176 valence electrons. The van der Waals surface area contributed by atoms with Crippen LogP contribution in [0.3, 0.4) is 0 Å². The van der Waals surface area contributed by atoms with Gasteiger partial charge in [-0.3, -0.25) is 4.79 Å². The number of anilines is 1. The summed E-state index contributed by atoms with van der Waals surface area (Å²) >= 11 is 0. The average molecular weight is 454 g/mol. The van der Waals surface area contributed by atoms with Crippen molar-refractivity contribution in [3.8, 4) is 0 Å². The molecular formula is C26H33N2O5+. The summed E-state index contributed by atoms with van der Waals surface area (Å²) in [5.41, 5.74) is 1.69. The number of benzene rings is 2. The highest BCUT2D eigenvalue weighted by Crippen LogP contribution is 2.42. The van der Waals surface area contributed by atoms with Crippen molar-refractivity contribution < 1.29 is 28.3 Å². The number of nitrogens with zero attached hydrogens (tertiary/aromatic N) is 1. The Hall–Kier alpha value is -3.19. The first kappa shape index (κ1) is 24.5. The van der Waals surface area contributed by atoms with Crippen LogP contribution >= 0.6 is 0 Å². The molecule has 0 saturated heterocycles. The Morgan fingerprint density at radius 3 is 2.30 bits per heavy atom. The van der Waals surface area contributed by atoms with Crippen LogP contribution in [0.4, 0.5) is 5.69 Å². The lowest BCUT2D eigenvalue weighted by molar-refractivity contribution is -0.931. The molecule has 0 heterocycles. The maximum Gasteiger partial charge on any atom is 0.362 e. The standard InChI is InChI=1S/C26H32N2O5/c1-5-32-24(30)21-14-9-11-19(2)23(21)27-25(31)26(15-10-16-26)28(3,4)17-22(29)33-18-20-12-7-6-8-13-20/h6-9,11-14H,5,10,15-18H2,1-4H3/p+1. The number of para-hydroxylation sites is 1. The number of ether oxygens (including phenoxy) is 2. The Kier molecular flexibility index (Phi) is 7.53. The smallest absolute Gasteiger partial charge is 0.362 e. The number of rotatable bonds is 9. The second kappa shape index (κ2) is 10.2. The van der Waals surface area contributed by atoms with Crippen molar-refractivity contribution in [3.63, 3.8) is 0 Å². The predicted octanol–water partition coefficient (Wildman–Crippen LogP) is 3.85. The third-order valence-electron chi connectivity index (χ3n) is 6.54. The molecule has 7 nitrogen and oxygen atoms in total. The zero-order valence-corrected chi connectivity index (χ0v) is 19.8. The molecule has 2 aromatic rings. The van der Waals surface area contributed by atoms with Crippen LogP contribution in [0.2, 0.25) is 0 Å². The first-order valence-corrected chi connectivity index (χ1v) is 11.3. The fourth-order valence-electron chi connectivity index (χ4n) is 4.32. The molecule has 0 aromatic heterocycles. The zero-order valence-electron chi connectivity index (χ0n) is 19.8. The Balaban J connectivity index is 1.75. The third-order valence-corrected chi connectivity index (χ3v) is 6.54. The van der Waals surface area contributed by atoms with Gasteiger partial charge in [-0.25, -0.2) is 9.59 Å². The molecule has 0 unspecified atom stereocenters. The van der Waals surface area contributed by atoms with Crippen molar-refractivity contribution in [2.24, 2.45) is 0 Å². The number of quaternary nitrogens is 1. The molecule has 2 aromatic carbocycles. The minimum atomic E-state index is -0.778. The number of hydrogen-bond acceptors (Lipinski definition) is 5. The van der Waals surface area contributed by atoms with Crippen molar-refractivity contribution >= 4 is 23.5 Å². The number of aryl methyl sites for hydroxylation is 1. The molecule has 7 heteroatoms. The highest BCUT2D eigenvalue weighted by molar-refractivity contribution is 6.05. The van der Waals surface area contributed by atoms with Crippen molar-refractivity contribution in [2.75, 3.05) is 32.6 Å². The summed E-state index contributed by atoms with van der Waals surface area (Å²) in [7, 11) is 3.76. The Morgan fingerprint density at radius 2 is 1.70 bits per heavy atom. The van der Waals surface area contributed by atoms with E-state index in [0.717, 1.165) is 17.5 Å². The van der Waals surface area contributed by atoms with E-state index >= 15 is 0 Å². The number of amides is 1. The number of carbonyl (C=O) groups excluding carboxylic acids is 3. The molecule has 3 rings (SSSR count). The minimum Gasteiger partial charge on any atom is -0.462 e. The largest absolute Gasteiger partial charge is 0.462 e. The quantitative estimate of drug-likeness (QED) is 0.461. The summed E-state index contributed by atoms with van der Waals surface area (Å²) in [6.07, 6.45) is 2.20. The van der Waals surface area contributed by atoms with Crippen LogP contribution in [0.25, 0.3) is 0 Å². The summed E-state index contributed by atoms with van der Waals surface area (Å²) < 4.78 is 10.8. The maximum atomic E-state index is 13.6. The van der Waals surface area contributed by atoms with Gasteiger partial charge in [0.1, 0.15) is 6.61 Å². The molecule has 0 atom stereocenters. The van der Waals surface area contributed by atoms with Gasteiger partial charge in [-0.1, -0.05) is 42.5 Å². The summed E-state index contributed by atoms with van der Waals surface area (Å²) in [5.74, 6) is -1.03. The van der Waals surface area contributed by atoms with Gasteiger partial charge < -0.3 is 19.3 Å². The SMILES string of the molecule is CCOC(=O)c1cccc(C)c1NC(=O)C1([N+](C)(C)CC(=O)OCc2ccccc2)CCC1. The molecule has 1 fully saturated rings. The van der Waals surface area contributed by atoms with Gasteiger partial charge in [-0.2, -0.15) is 0 Å². The lowest BCUT2D eigenvalue weighted by Crippen LogP contribution is -2.70. The molecule has 1 N–H and O–H groups in total. The summed E-state index contributed by atoms with van der Waals surface area (Å²) in [5, 5.41) is 2.99. The highest BCUT2D eigenvalue weighted by atomic mass is 16.5. The van der Waals surface area contributed by atoms with Gasteiger partial charge >= 0.3 is 11.9 Å². The van der Waals surface area contributed by atoms with Gasteiger partial charge in [0.25, 0.3) is 5.91 Å². The van der Waals surface area contributed by atoms with E-state index in [1.165, 1.54) is 0 Å². The molecule has 0 spiro atoms. The molecule has 0 bridgehead atoms. The van der Waals surface area contributed by atoms with Crippen LogP contribution in [0.1, 0.15) is 47.7 Å². The Morgan fingerprint density at radius 1 is 1.00 bits per heavy atom. The Labute approximate surface area is 195 Å². The molecule has 0 aliphatic heterocycles. The van der Waals surface area contributed by atoms with Crippen molar-refractivity contribution in [1.29, 1.82) is 0 Å². The average Bonchev–Trinajstić information content (AvgIpc) is 2.73. The predicted molar refractivity (Wildman–Crippen MR) is 126 cm³/mol. The highest BCUT2D eigenvalue weighted by Gasteiger charge is 2.57. The van der Waals surface area contributed by atoms with Crippen molar-refractivity contribution in [2.45, 2.75) is 45.3 Å². The number of carbonyl (C=O) groups is 3. The first-order chi connectivity index (χ1) is 15.7. The van der Waals surface area contributed by atoms with E-state index in [-0.39, 0.29) is 36.1 Å². The maximum absolute atomic E-state index is 13.6. The summed E-state index contributed by atoms with van der Waals surface area (Å²) in [6.45, 7) is 4.10. The van der Waals surface area contributed by atoms with E-state index in [1.807, 2.05) is 57.4 Å². The molecule has 1 aliphatic carbocycles. The topological polar surface area (TPSA) is 81.7 Å². The second-order valence-corrected chi connectivity index (χ2v) is 9.05. The number of esters is 2. The van der Waals surface area contributed by atoms with Crippen LogP contribution in [-0.4, -0.2) is 55.1 Å². The van der Waals surface area contributed by atoms with E-state index in [1.54, 1.807) is 19.1 Å². The van der Waals surface area contributed by atoms with Crippen molar-refractivity contribution in [3.05, 3.63) is 65.2 Å². The zero-order chi connectivity index (χ0) is 24.1. The van der Waals surface area contributed by atoms with Gasteiger partial charge in [0.05, 0.1) is 32.0 Å². The number of nitrogens with one attached hydrogen (secondary N) is 1. The monoisotopic (exact) mass is 453 g/mol. The van der Waals surface area contributed by atoms with Crippen LogP contribution in [0, 0.1) is 6.92 Å². The van der Waals surface area contributed by atoms with Crippen molar-refractivity contribution in [1.82, 2.24) is 0 Å². The molecule has 0 radical (unpaired) electrons. The number of likely N-dealkylation sites (N-methyl/N-ethyl adjacent to an activating group) is 1. The molecule has 1 saturated carbocycles. The molecule has 1 amide bonds. The van der Waals surface area contributed by atoms with E-state index in [4.69, 9.17) is 9.47 Å². The lowest BCUT2D eigenvalue weighted by Gasteiger charge is -2.51. The molecule has 1 aliphatic rings. The lowest BCUT2D eigenvalue weighted by atomic mass is 9.73. The second-order valence-electron chi connectivity index (χ2n) is 9.05. The van der Waals surface area contributed by atoms with Crippen LogP contribution in [0.15, 0.2) is 48.5 Å². The summed E-state index contributed by atoms with van der Waals surface area (Å²) in [4.78, 5) is 38.6. The van der Waals surface area contributed by atoms with Crippen LogP contribution < -0.4 is 5.32 Å². The fraction of sp³-hybridized carbons (Fsp3) is 0.423. The summed E-state index contributed by atoms with van der Waals surface area (Å²) in [6, 6.07) is 14.8. The third kappa shape index (κ3) is 5.25. The van der Waals surface area contributed by atoms with Gasteiger partial charge in [-0.05, 0) is 37.5 Å². The number of hydrogen-bond donors (Lipinski definition) is 1. The van der Waals surface area contributed by atoms with E-state index in [0.29, 0.717) is 24.1 Å². The van der Waals surface area contributed by atoms with Crippen LogP contribution in [-0.2, 0) is 25.7 Å². The van der Waals surface area contributed by atoms with E-state index in [9.17, 15) is 14.4 Å².